The summed E-state index contributed by atoms with van der Waals surface area (Å²) in [5, 5.41) is 4.31. The van der Waals surface area contributed by atoms with Crippen LogP contribution < -0.4 is 10.1 Å². The maximum Gasteiger partial charge on any atom is 0.142 e. The lowest BCUT2D eigenvalue weighted by atomic mass is 9.86. The minimum atomic E-state index is 0.411. The van der Waals surface area contributed by atoms with Gasteiger partial charge in [-0.1, -0.05) is 24.1 Å². The van der Waals surface area contributed by atoms with Crippen molar-refractivity contribution < 1.29 is 4.74 Å². The first kappa shape index (κ1) is 13.3. The summed E-state index contributed by atoms with van der Waals surface area (Å²) in [6.07, 6.45) is 6.38. The van der Waals surface area contributed by atoms with E-state index in [1.807, 2.05) is 6.07 Å². The van der Waals surface area contributed by atoms with E-state index in [1.54, 1.807) is 0 Å². The third kappa shape index (κ3) is 2.90. The molecule has 0 spiro atoms. The second kappa shape index (κ2) is 5.72. The number of nitrogens with one attached hydrogen (secondary N) is 1. The lowest BCUT2D eigenvalue weighted by Gasteiger charge is -2.27. The molecule has 1 aromatic rings. The number of hydrogen-bond acceptors (Lipinski definition) is 2. The normalized spacial score (nSPS) is 23.4. The van der Waals surface area contributed by atoms with Crippen LogP contribution in [0.2, 0.25) is 5.02 Å². The molecule has 2 aliphatic rings. The molecule has 0 bridgehead atoms. The molecule has 1 unspecified atom stereocenters. The van der Waals surface area contributed by atoms with Gasteiger partial charge < -0.3 is 10.1 Å². The highest BCUT2D eigenvalue weighted by molar-refractivity contribution is 6.32. The SMILES string of the molecule is Cc1cc(Cl)c(OCC2CCC2)c(C2CCCN2)c1. The van der Waals surface area contributed by atoms with Crippen LogP contribution in [0.25, 0.3) is 0 Å². The summed E-state index contributed by atoms with van der Waals surface area (Å²) in [4.78, 5) is 0. The summed E-state index contributed by atoms with van der Waals surface area (Å²) < 4.78 is 6.07. The van der Waals surface area contributed by atoms with E-state index in [0.717, 1.165) is 29.8 Å². The van der Waals surface area contributed by atoms with Crippen molar-refractivity contribution in [3.05, 3.63) is 28.3 Å². The Morgan fingerprint density at radius 2 is 2.11 bits per heavy atom. The predicted molar refractivity (Wildman–Crippen MR) is 79.0 cm³/mol. The molecule has 3 rings (SSSR count). The van der Waals surface area contributed by atoms with Crippen molar-refractivity contribution in [1.82, 2.24) is 5.32 Å². The van der Waals surface area contributed by atoms with E-state index in [4.69, 9.17) is 16.3 Å². The molecule has 104 valence electrons. The Morgan fingerprint density at radius 1 is 1.26 bits per heavy atom. The Balaban J connectivity index is 1.81. The van der Waals surface area contributed by atoms with Crippen LogP contribution in [0.4, 0.5) is 0 Å². The molecule has 1 saturated heterocycles. The molecule has 2 nitrogen and oxygen atoms in total. The highest BCUT2D eigenvalue weighted by Crippen LogP contribution is 2.38. The standard InChI is InChI=1S/C16H22ClNO/c1-11-8-13(15-6-3-7-18-15)16(14(17)9-11)19-10-12-4-2-5-12/h8-9,12,15,18H,2-7,10H2,1H3. The quantitative estimate of drug-likeness (QED) is 0.889. The molecule has 1 saturated carbocycles. The van der Waals surface area contributed by atoms with Crippen molar-refractivity contribution >= 4 is 11.6 Å². The average Bonchev–Trinajstić information content (AvgIpc) is 2.82. The molecule has 1 aromatic carbocycles. The van der Waals surface area contributed by atoms with E-state index in [2.05, 4.69) is 18.3 Å². The summed E-state index contributed by atoms with van der Waals surface area (Å²) in [6, 6.07) is 4.65. The van der Waals surface area contributed by atoms with Gasteiger partial charge in [0.05, 0.1) is 11.6 Å². The van der Waals surface area contributed by atoms with Crippen LogP contribution in [-0.4, -0.2) is 13.2 Å². The second-order valence-corrected chi connectivity index (χ2v) is 6.33. The molecule has 1 N–H and O–H groups in total. The van der Waals surface area contributed by atoms with Gasteiger partial charge in [0.2, 0.25) is 0 Å². The number of hydrogen-bond donors (Lipinski definition) is 1. The van der Waals surface area contributed by atoms with Gasteiger partial charge in [-0.15, -0.1) is 0 Å². The van der Waals surface area contributed by atoms with E-state index < -0.39 is 0 Å². The average molecular weight is 280 g/mol. The third-order valence-corrected chi connectivity index (χ3v) is 4.62. The van der Waals surface area contributed by atoms with Crippen molar-refractivity contribution in [2.45, 2.75) is 45.1 Å². The van der Waals surface area contributed by atoms with E-state index in [1.165, 1.54) is 43.2 Å². The Hall–Kier alpha value is -0.730. The molecule has 3 heteroatoms. The smallest absolute Gasteiger partial charge is 0.142 e. The van der Waals surface area contributed by atoms with Crippen LogP contribution >= 0.6 is 11.6 Å². The predicted octanol–water partition coefficient (Wildman–Crippen LogP) is 4.25. The number of rotatable bonds is 4. The topological polar surface area (TPSA) is 21.3 Å². The van der Waals surface area contributed by atoms with Gasteiger partial charge in [0, 0.05) is 11.6 Å². The number of benzene rings is 1. The minimum Gasteiger partial charge on any atom is -0.491 e. The summed E-state index contributed by atoms with van der Waals surface area (Å²) in [5.74, 6) is 1.65. The molecule has 1 atom stereocenters. The largest absolute Gasteiger partial charge is 0.491 e. The fourth-order valence-corrected chi connectivity index (χ4v) is 3.31. The molecule has 0 radical (unpaired) electrons. The zero-order valence-corrected chi connectivity index (χ0v) is 12.3. The maximum absolute atomic E-state index is 6.40. The Bertz CT molecular complexity index is 450. The Morgan fingerprint density at radius 3 is 2.74 bits per heavy atom. The fourth-order valence-electron chi connectivity index (χ4n) is 2.98. The van der Waals surface area contributed by atoms with Crippen LogP contribution in [0.15, 0.2) is 12.1 Å². The molecule has 19 heavy (non-hydrogen) atoms. The third-order valence-electron chi connectivity index (χ3n) is 4.34. The Labute approximate surface area is 120 Å². The zero-order valence-electron chi connectivity index (χ0n) is 11.5. The van der Waals surface area contributed by atoms with Crippen molar-refractivity contribution in [2.24, 2.45) is 5.92 Å². The number of ether oxygens (including phenoxy) is 1. The number of halogens is 1. The van der Waals surface area contributed by atoms with Gasteiger partial charge in [-0.05, 0) is 56.7 Å². The van der Waals surface area contributed by atoms with Crippen LogP contribution in [0.3, 0.4) is 0 Å². The van der Waals surface area contributed by atoms with E-state index in [0.29, 0.717) is 6.04 Å². The van der Waals surface area contributed by atoms with Crippen LogP contribution in [0, 0.1) is 12.8 Å². The van der Waals surface area contributed by atoms with Crippen molar-refractivity contribution in [1.29, 1.82) is 0 Å². The molecule has 2 fully saturated rings. The molecule has 1 heterocycles. The summed E-state index contributed by atoms with van der Waals surface area (Å²) >= 11 is 6.40. The van der Waals surface area contributed by atoms with Gasteiger partial charge in [0.25, 0.3) is 0 Å². The molecular weight excluding hydrogens is 258 g/mol. The lowest BCUT2D eigenvalue weighted by Crippen LogP contribution is -2.21. The number of aryl methyl sites for hydroxylation is 1. The molecule has 1 aliphatic heterocycles. The van der Waals surface area contributed by atoms with E-state index >= 15 is 0 Å². The van der Waals surface area contributed by atoms with Gasteiger partial charge in [0.15, 0.2) is 0 Å². The lowest BCUT2D eigenvalue weighted by molar-refractivity contribution is 0.179. The van der Waals surface area contributed by atoms with Gasteiger partial charge in [-0.2, -0.15) is 0 Å². The molecule has 0 amide bonds. The molecule has 1 aliphatic carbocycles. The van der Waals surface area contributed by atoms with Crippen LogP contribution in [0.5, 0.6) is 5.75 Å². The van der Waals surface area contributed by atoms with Crippen molar-refractivity contribution in [2.75, 3.05) is 13.2 Å². The van der Waals surface area contributed by atoms with Gasteiger partial charge in [0.1, 0.15) is 5.75 Å². The maximum atomic E-state index is 6.40. The zero-order chi connectivity index (χ0) is 13.2. The fraction of sp³-hybridized carbons (Fsp3) is 0.625. The monoisotopic (exact) mass is 279 g/mol. The van der Waals surface area contributed by atoms with E-state index in [9.17, 15) is 0 Å². The van der Waals surface area contributed by atoms with Crippen molar-refractivity contribution in [3.63, 3.8) is 0 Å². The van der Waals surface area contributed by atoms with Crippen LogP contribution in [0.1, 0.15) is 49.3 Å². The first-order valence-electron chi connectivity index (χ1n) is 7.40. The van der Waals surface area contributed by atoms with Crippen molar-refractivity contribution in [3.8, 4) is 5.75 Å². The van der Waals surface area contributed by atoms with Gasteiger partial charge in [-0.3, -0.25) is 0 Å². The summed E-state index contributed by atoms with van der Waals surface area (Å²) in [5.41, 5.74) is 2.46. The van der Waals surface area contributed by atoms with Gasteiger partial charge >= 0.3 is 0 Å². The van der Waals surface area contributed by atoms with E-state index in [-0.39, 0.29) is 0 Å². The second-order valence-electron chi connectivity index (χ2n) is 5.92. The molecule has 0 aromatic heterocycles. The first-order valence-corrected chi connectivity index (χ1v) is 7.78. The summed E-state index contributed by atoms with van der Waals surface area (Å²) in [6.45, 7) is 4.01. The Kier molecular flexibility index (Phi) is 3.99. The molecular formula is C16H22ClNO. The first-order chi connectivity index (χ1) is 9.24. The highest BCUT2D eigenvalue weighted by atomic mass is 35.5. The van der Waals surface area contributed by atoms with Crippen LogP contribution in [-0.2, 0) is 0 Å². The minimum absolute atomic E-state index is 0.411. The highest BCUT2D eigenvalue weighted by Gasteiger charge is 2.24. The van der Waals surface area contributed by atoms with Gasteiger partial charge in [-0.25, -0.2) is 0 Å². The summed E-state index contributed by atoms with van der Waals surface area (Å²) in [7, 11) is 0.